The van der Waals surface area contributed by atoms with Crippen LogP contribution >= 0.6 is 0 Å². The molecule has 0 radical (unpaired) electrons. The van der Waals surface area contributed by atoms with Crippen LogP contribution in [0.3, 0.4) is 0 Å². The number of nitrogens with zero attached hydrogens (tertiary/aromatic N) is 3. The van der Waals surface area contributed by atoms with Gasteiger partial charge in [0.2, 0.25) is 0 Å². The third kappa shape index (κ3) is 4.54. The van der Waals surface area contributed by atoms with Gasteiger partial charge < -0.3 is 8.83 Å². The lowest BCUT2D eigenvalue weighted by molar-refractivity contribution is 0.657. The van der Waals surface area contributed by atoms with Crippen LogP contribution in [0.15, 0.2) is 160 Å². The second-order valence-electron chi connectivity index (χ2n) is 14.4. The maximum Gasteiger partial charge on any atom is 0.164 e. The summed E-state index contributed by atoms with van der Waals surface area (Å²) in [5, 5.41) is 4.48. The van der Waals surface area contributed by atoms with E-state index >= 15 is 0 Å². The average Bonchev–Trinajstić information content (AvgIpc) is 3.85. The van der Waals surface area contributed by atoms with Gasteiger partial charge in [-0.2, -0.15) is 0 Å². The molecule has 1 aliphatic rings. The first-order valence-electron chi connectivity index (χ1n) is 17.9. The molecule has 11 rings (SSSR count). The number of benzene rings is 7. The smallest absolute Gasteiger partial charge is 0.164 e. The van der Waals surface area contributed by atoms with Gasteiger partial charge in [0, 0.05) is 43.7 Å². The molecule has 1 aliphatic carbocycles. The van der Waals surface area contributed by atoms with Crippen molar-refractivity contribution in [1.29, 1.82) is 0 Å². The normalized spacial score (nSPS) is 13.2. The first-order valence-corrected chi connectivity index (χ1v) is 17.9. The number of fused-ring (bicyclic) bond motifs is 10. The van der Waals surface area contributed by atoms with Crippen molar-refractivity contribution in [2.75, 3.05) is 0 Å². The zero-order chi connectivity index (χ0) is 35.3. The van der Waals surface area contributed by atoms with E-state index in [1.807, 2.05) is 66.7 Å². The summed E-state index contributed by atoms with van der Waals surface area (Å²) < 4.78 is 12.4. The summed E-state index contributed by atoms with van der Waals surface area (Å²) in [6, 6.07) is 52.5. The number of hydrogen-bond donors (Lipinski definition) is 0. The van der Waals surface area contributed by atoms with E-state index in [2.05, 4.69) is 98.8 Å². The van der Waals surface area contributed by atoms with Crippen molar-refractivity contribution >= 4 is 43.9 Å². The van der Waals surface area contributed by atoms with Gasteiger partial charge >= 0.3 is 0 Å². The summed E-state index contributed by atoms with van der Waals surface area (Å²) in [4.78, 5) is 15.1. The molecule has 0 amide bonds. The number of aromatic nitrogens is 3. The van der Waals surface area contributed by atoms with Crippen molar-refractivity contribution in [3.8, 4) is 56.4 Å². The monoisotopic (exact) mass is 681 g/mol. The van der Waals surface area contributed by atoms with Crippen LogP contribution in [0.1, 0.15) is 25.0 Å². The molecule has 3 heterocycles. The quantitative estimate of drug-likeness (QED) is 0.185. The summed E-state index contributed by atoms with van der Waals surface area (Å²) in [5.41, 5.74) is 13.5. The van der Waals surface area contributed by atoms with Gasteiger partial charge in [-0.3, -0.25) is 0 Å². The maximum absolute atomic E-state index is 6.30. The maximum atomic E-state index is 6.30. The van der Waals surface area contributed by atoms with Crippen LogP contribution in [0.5, 0.6) is 0 Å². The molecule has 10 aromatic rings. The summed E-state index contributed by atoms with van der Waals surface area (Å²) in [7, 11) is 0. The van der Waals surface area contributed by atoms with E-state index in [1.54, 1.807) is 0 Å². The van der Waals surface area contributed by atoms with Crippen molar-refractivity contribution < 1.29 is 8.83 Å². The highest BCUT2D eigenvalue weighted by Gasteiger charge is 2.38. The van der Waals surface area contributed by atoms with Gasteiger partial charge in [0.25, 0.3) is 0 Å². The summed E-state index contributed by atoms with van der Waals surface area (Å²) in [6.45, 7) is 4.67. The van der Waals surface area contributed by atoms with Crippen molar-refractivity contribution in [2.45, 2.75) is 19.3 Å². The van der Waals surface area contributed by atoms with Gasteiger partial charge in [-0.1, -0.05) is 117 Å². The Hall–Kier alpha value is -6.85. The molecule has 0 aliphatic heterocycles. The molecule has 0 bridgehead atoms. The summed E-state index contributed by atoms with van der Waals surface area (Å²) >= 11 is 0. The van der Waals surface area contributed by atoms with Gasteiger partial charge in [0.05, 0.1) is 0 Å². The highest BCUT2D eigenvalue weighted by molar-refractivity contribution is 6.11. The lowest BCUT2D eigenvalue weighted by Crippen LogP contribution is -2.15. The fourth-order valence-electron chi connectivity index (χ4n) is 8.35. The minimum atomic E-state index is -0.223. The molecule has 0 saturated heterocycles. The van der Waals surface area contributed by atoms with Crippen LogP contribution in [0.4, 0.5) is 0 Å². The summed E-state index contributed by atoms with van der Waals surface area (Å²) in [5.74, 6) is 1.86. The molecule has 3 aromatic heterocycles. The Balaban J connectivity index is 1.03. The Morgan fingerprint density at radius 2 is 0.943 bits per heavy atom. The number of para-hydroxylation sites is 2. The number of rotatable bonds is 4. The van der Waals surface area contributed by atoms with E-state index in [1.165, 1.54) is 27.6 Å². The highest BCUT2D eigenvalue weighted by atomic mass is 16.3. The average molecular weight is 682 g/mol. The van der Waals surface area contributed by atoms with E-state index in [0.29, 0.717) is 17.5 Å². The Kier molecular flexibility index (Phi) is 6.23. The standard InChI is InChI=1S/C48H31N3O2/c1-48(2)38-27-30(19-21-33(38)35-22-24-42-43(44(35)48)36-16-7-9-18-40(36)53-42)29-13-10-14-31(25-29)46-49-45(28-11-4-3-5-12-28)50-47(51-46)32-20-23-41-37(26-32)34-15-6-8-17-39(34)52-41/h3-27H,1-2H3. The molecule has 7 aromatic carbocycles. The van der Waals surface area contributed by atoms with Gasteiger partial charge in [-0.15, -0.1) is 0 Å². The van der Waals surface area contributed by atoms with Gasteiger partial charge in [-0.25, -0.2) is 15.0 Å². The Morgan fingerprint density at radius 3 is 1.75 bits per heavy atom. The molecule has 0 N–H and O–H groups in total. The minimum Gasteiger partial charge on any atom is -0.456 e. The van der Waals surface area contributed by atoms with E-state index in [4.69, 9.17) is 23.8 Å². The first-order chi connectivity index (χ1) is 26.0. The Bertz CT molecular complexity index is 3100. The van der Waals surface area contributed by atoms with Crippen LogP contribution in [0.25, 0.3) is 100 Å². The third-order valence-corrected chi connectivity index (χ3v) is 10.9. The Labute approximate surface area is 305 Å². The highest BCUT2D eigenvalue weighted by Crippen LogP contribution is 2.53. The molecule has 0 atom stereocenters. The van der Waals surface area contributed by atoms with Gasteiger partial charge in [-0.05, 0) is 81.9 Å². The topological polar surface area (TPSA) is 65.0 Å². The molecule has 250 valence electrons. The van der Waals surface area contributed by atoms with Gasteiger partial charge in [0.15, 0.2) is 17.5 Å². The van der Waals surface area contributed by atoms with E-state index in [-0.39, 0.29) is 5.41 Å². The van der Waals surface area contributed by atoms with Crippen molar-refractivity contribution in [3.63, 3.8) is 0 Å². The molecular formula is C48H31N3O2. The largest absolute Gasteiger partial charge is 0.456 e. The van der Waals surface area contributed by atoms with Crippen LogP contribution in [0.2, 0.25) is 0 Å². The van der Waals surface area contributed by atoms with E-state index < -0.39 is 0 Å². The fourth-order valence-corrected chi connectivity index (χ4v) is 8.35. The third-order valence-electron chi connectivity index (χ3n) is 10.9. The fraction of sp³-hybridized carbons (Fsp3) is 0.0625. The van der Waals surface area contributed by atoms with Crippen LogP contribution in [-0.4, -0.2) is 15.0 Å². The lowest BCUT2D eigenvalue weighted by Gasteiger charge is -2.23. The molecular weight excluding hydrogens is 651 g/mol. The number of furan rings is 2. The van der Waals surface area contributed by atoms with E-state index in [0.717, 1.165) is 66.3 Å². The molecule has 0 saturated carbocycles. The van der Waals surface area contributed by atoms with Crippen LogP contribution < -0.4 is 0 Å². The number of hydrogen-bond acceptors (Lipinski definition) is 5. The summed E-state index contributed by atoms with van der Waals surface area (Å²) in [6.07, 6.45) is 0. The predicted molar refractivity (Wildman–Crippen MR) is 214 cm³/mol. The van der Waals surface area contributed by atoms with Crippen LogP contribution in [0, 0.1) is 0 Å². The van der Waals surface area contributed by atoms with Crippen molar-refractivity contribution in [1.82, 2.24) is 15.0 Å². The lowest BCUT2D eigenvalue weighted by atomic mass is 9.80. The second kappa shape index (κ2) is 11.1. The molecule has 0 fully saturated rings. The molecule has 5 nitrogen and oxygen atoms in total. The Morgan fingerprint density at radius 1 is 0.396 bits per heavy atom. The second-order valence-corrected chi connectivity index (χ2v) is 14.4. The molecule has 5 heteroatoms. The molecule has 0 spiro atoms. The van der Waals surface area contributed by atoms with Crippen molar-refractivity contribution in [2.24, 2.45) is 0 Å². The zero-order valence-electron chi connectivity index (χ0n) is 29.1. The zero-order valence-corrected chi connectivity index (χ0v) is 29.1. The van der Waals surface area contributed by atoms with Crippen LogP contribution in [-0.2, 0) is 5.41 Å². The molecule has 53 heavy (non-hydrogen) atoms. The molecule has 0 unspecified atom stereocenters. The first kappa shape index (κ1) is 29.8. The van der Waals surface area contributed by atoms with Gasteiger partial charge in [0.1, 0.15) is 22.3 Å². The SMILES string of the molecule is CC1(C)c2cc(-c3cccc(-c4nc(-c5ccccc5)nc(-c5ccc6oc7ccccc7c6c5)n4)c3)ccc2-c2ccc3oc4ccccc4c3c21. The van der Waals surface area contributed by atoms with Crippen molar-refractivity contribution in [3.05, 3.63) is 163 Å². The minimum absolute atomic E-state index is 0.223. The predicted octanol–water partition coefficient (Wildman–Crippen LogP) is 12.6. The van der Waals surface area contributed by atoms with E-state index in [9.17, 15) is 0 Å².